The molecule has 0 aromatic carbocycles. The molecule has 4 fully saturated rings. The lowest BCUT2D eigenvalue weighted by Crippen LogP contribution is -2.56. The summed E-state index contributed by atoms with van der Waals surface area (Å²) in [6.45, 7) is 7.41. The molecule has 0 aromatic rings. The molecule has 166 valence electrons. The molecule has 0 heterocycles. The first kappa shape index (κ1) is 21.6. The Hall–Kier alpha value is -0.610. The van der Waals surface area contributed by atoms with E-state index < -0.39 is 5.97 Å². The molecule has 0 radical (unpaired) electrons. The third kappa shape index (κ3) is 3.46. The van der Waals surface area contributed by atoms with Crippen LogP contribution in [0.4, 0.5) is 0 Å². The van der Waals surface area contributed by atoms with E-state index in [1.807, 2.05) is 0 Å². The summed E-state index contributed by atoms with van der Waals surface area (Å²) in [6.07, 6.45) is 10.3. The van der Waals surface area contributed by atoms with Crippen molar-refractivity contribution >= 4 is 5.97 Å². The Morgan fingerprint density at radius 2 is 1.79 bits per heavy atom. The zero-order valence-corrected chi connectivity index (χ0v) is 18.6. The Kier molecular flexibility index (Phi) is 5.83. The molecule has 4 heteroatoms. The van der Waals surface area contributed by atoms with Crippen LogP contribution in [0.3, 0.4) is 0 Å². The molecular formula is C25H42O4. The molecular weight excluding hydrogens is 364 g/mol. The van der Waals surface area contributed by atoms with Gasteiger partial charge in [0.2, 0.25) is 0 Å². The number of carboxylic acids is 1. The zero-order valence-electron chi connectivity index (χ0n) is 18.6. The van der Waals surface area contributed by atoms with Gasteiger partial charge in [0.25, 0.3) is 0 Å². The minimum absolute atomic E-state index is 0.0516. The Balaban J connectivity index is 1.52. The quantitative estimate of drug-likeness (QED) is 0.617. The number of rotatable bonds is 5. The molecule has 29 heavy (non-hydrogen) atoms. The first-order valence-corrected chi connectivity index (χ1v) is 12.2. The second-order valence-electron chi connectivity index (χ2n) is 11.7. The average molecular weight is 407 g/mol. The topological polar surface area (TPSA) is 77.8 Å². The van der Waals surface area contributed by atoms with Crippen LogP contribution in [0, 0.1) is 52.3 Å². The minimum Gasteiger partial charge on any atom is -0.481 e. The number of hydrogen-bond acceptors (Lipinski definition) is 3. The highest BCUT2D eigenvalue weighted by Gasteiger charge is 2.61. The maximum Gasteiger partial charge on any atom is 0.303 e. The fourth-order valence-electron chi connectivity index (χ4n) is 9.14. The van der Waals surface area contributed by atoms with Gasteiger partial charge in [-0.05, 0) is 104 Å². The SMILES string of the molecule is CC(CCC(=O)O)C1CCC2C3CCC4CC(O)C(CO)C[C@]4(C)C3CC[C@]12C. The van der Waals surface area contributed by atoms with E-state index in [0.29, 0.717) is 29.6 Å². The van der Waals surface area contributed by atoms with Crippen LogP contribution in [0.15, 0.2) is 0 Å². The molecule has 4 rings (SSSR count). The van der Waals surface area contributed by atoms with E-state index in [2.05, 4.69) is 20.8 Å². The number of carbonyl (C=O) groups is 1. The molecule has 3 N–H and O–H groups in total. The van der Waals surface area contributed by atoms with Crippen molar-refractivity contribution in [1.29, 1.82) is 0 Å². The number of aliphatic carboxylic acids is 1. The maximum absolute atomic E-state index is 11.1. The molecule has 0 amide bonds. The van der Waals surface area contributed by atoms with Crippen LogP contribution in [0.5, 0.6) is 0 Å². The van der Waals surface area contributed by atoms with Crippen molar-refractivity contribution in [2.75, 3.05) is 6.61 Å². The van der Waals surface area contributed by atoms with E-state index in [1.165, 1.54) is 38.5 Å². The smallest absolute Gasteiger partial charge is 0.303 e. The van der Waals surface area contributed by atoms with Crippen LogP contribution in [0.25, 0.3) is 0 Å². The molecule has 0 aromatic heterocycles. The maximum atomic E-state index is 11.1. The molecule has 0 spiro atoms. The average Bonchev–Trinajstić information content (AvgIpc) is 3.03. The summed E-state index contributed by atoms with van der Waals surface area (Å²) in [6, 6.07) is 0. The number of fused-ring (bicyclic) bond motifs is 5. The summed E-state index contributed by atoms with van der Waals surface area (Å²) in [7, 11) is 0. The highest BCUT2D eigenvalue weighted by Crippen LogP contribution is 2.68. The van der Waals surface area contributed by atoms with Gasteiger partial charge in [-0.25, -0.2) is 0 Å². The standard InChI is InChI=1S/C25H42O4/c1-15(4-9-23(28)29)19-7-8-20-18-6-5-17-12-22(27)16(14-26)13-25(17,3)21(18)10-11-24(19,20)2/h15-22,26-27H,4-14H2,1-3H3,(H,28,29)/t15?,16?,17?,18?,19?,20?,21?,22?,24-,25+/m1/s1. The summed E-state index contributed by atoms with van der Waals surface area (Å²) < 4.78 is 0. The lowest BCUT2D eigenvalue weighted by atomic mass is 9.43. The van der Waals surface area contributed by atoms with E-state index in [4.69, 9.17) is 5.11 Å². The van der Waals surface area contributed by atoms with Gasteiger partial charge in [-0.15, -0.1) is 0 Å². The fourth-order valence-corrected chi connectivity index (χ4v) is 9.14. The van der Waals surface area contributed by atoms with Gasteiger partial charge in [-0.3, -0.25) is 4.79 Å². The van der Waals surface area contributed by atoms with Gasteiger partial charge in [0.15, 0.2) is 0 Å². The summed E-state index contributed by atoms with van der Waals surface area (Å²) >= 11 is 0. The number of carboxylic acid groups (broad SMARTS) is 1. The molecule has 4 aliphatic rings. The van der Waals surface area contributed by atoms with Gasteiger partial charge < -0.3 is 15.3 Å². The largest absolute Gasteiger partial charge is 0.481 e. The zero-order chi connectivity index (χ0) is 21.0. The van der Waals surface area contributed by atoms with Crippen molar-refractivity contribution in [2.24, 2.45) is 52.3 Å². The Morgan fingerprint density at radius 1 is 1.07 bits per heavy atom. The van der Waals surface area contributed by atoms with E-state index in [9.17, 15) is 15.0 Å². The van der Waals surface area contributed by atoms with Crippen molar-refractivity contribution in [3.8, 4) is 0 Å². The van der Waals surface area contributed by atoms with E-state index in [1.54, 1.807) is 0 Å². The second-order valence-corrected chi connectivity index (χ2v) is 11.7. The third-order valence-corrected chi connectivity index (χ3v) is 10.6. The molecule has 4 saturated carbocycles. The normalized spacial score (nSPS) is 50.3. The van der Waals surface area contributed by atoms with Crippen molar-refractivity contribution in [2.45, 2.75) is 91.1 Å². The van der Waals surface area contributed by atoms with Crippen LogP contribution in [-0.4, -0.2) is 34.0 Å². The summed E-state index contributed by atoms with van der Waals surface area (Å²) in [4.78, 5) is 11.1. The van der Waals surface area contributed by atoms with Crippen LogP contribution in [-0.2, 0) is 4.79 Å². The van der Waals surface area contributed by atoms with Gasteiger partial charge in [0, 0.05) is 18.9 Å². The molecule has 8 unspecified atom stereocenters. The predicted molar refractivity (Wildman–Crippen MR) is 113 cm³/mol. The van der Waals surface area contributed by atoms with Crippen LogP contribution < -0.4 is 0 Å². The van der Waals surface area contributed by atoms with Crippen LogP contribution in [0.1, 0.15) is 85.0 Å². The Morgan fingerprint density at radius 3 is 2.48 bits per heavy atom. The molecule has 4 nitrogen and oxygen atoms in total. The first-order chi connectivity index (χ1) is 13.7. The van der Waals surface area contributed by atoms with Crippen molar-refractivity contribution in [3.05, 3.63) is 0 Å². The van der Waals surface area contributed by atoms with Crippen molar-refractivity contribution < 1.29 is 20.1 Å². The van der Waals surface area contributed by atoms with Gasteiger partial charge in [-0.1, -0.05) is 20.8 Å². The van der Waals surface area contributed by atoms with Gasteiger partial charge in [0.05, 0.1) is 6.10 Å². The molecule has 10 atom stereocenters. The van der Waals surface area contributed by atoms with Gasteiger partial charge in [0.1, 0.15) is 0 Å². The van der Waals surface area contributed by atoms with Crippen LogP contribution in [0.2, 0.25) is 0 Å². The first-order valence-electron chi connectivity index (χ1n) is 12.2. The van der Waals surface area contributed by atoms with Gasteiger partial charge >= 0.3 is 5.97 Å². The lowest BCUT2D eigenvalue weighted by molar-refractivity contribution is -0.149. The molecule has 0 aliphatic heterocycles. The Bertz CT molecular complexity index is 620. The summed E-state index contributed by atoms with van der Waals surface area (Å²) in [5.41, 5.74) is 0.636. The number of aliphatic hydroxyl groups excluding tert-OH is 2. The molecule has 4 aliphatic carbocycles. The second kappa shape index (κ2) is 7.82. The predicted octanol–water partition coefficient (Wildman–Crippen LogP) is 4.73. The Labute approximate surface area is 176 Å². The summed E-state index contributed by atoms with van der Waals surface area (Å²) in [5.74, 6) is 3.44. The van der Waals surface area contributed by atoms with Crippen LogP contribution >= 0.6 is 0 Å². The number of hydrogen-bond donors (Lipinski definition) is 3. The highest BCUT2D eigenvalue weighted by atomic mass is 16.4. The molecule has 0 saturated heterocycles. The lowest BCUT2D eigenvalue weighted by Gasteiger charge is -2.62. The van der Waals surface area contributed by atoms with E-state index >= 15 is 0 Å². The fraction of sp³-hybridized carbons (Fsp3) is 0.960. The number of aliphatic hydroxyl groups is 2. The van der Waals surface area contributed by atoms with E-state index in [-0.39, 0.29) is 24.0 Å². The van der Waals surface area contributed by atoms with Crippen molar-refractivity contribution in [1.82, 2.24) is 0 Å². The summed E-state index contributed by atoms with van der Waals surface area (Å²) in [5, 5.41) is 29.4. The minimum atomic E-state index is -0.663. The van der Waals surface area contributed by atoms with E-state index in [0.717, 1.165) is 37.0 Å². The third-order valence-electron chi connectivity index (χ3n) is 10.6. The highest BCUT2D eigenvalue weighted by molar-refractivity contribution is 5.66. The van der Waals surface area contributed by atoms with Crippen molar-refractivity contribution in [3.63, 3.8) is 0 Å². The van der Waals surface area contributed by atoms with Gasteiger partial charge in [-0.2, -0.15) is 0 Å². The monoisotopic (exact) mass is 406 g/mol. The molecule has 0 bridgehead atoms.